The fraction of sp³-hybridized carbons (Fsp3) is 0.353. The predicted octanol–water partition coefficient (Wildman–Crippen LogP) is 0.564. The molecule has 8 nitrogen and oxygen atoms in total. The van der Waals surface area contributed by atoms with Crippen molar-refractivity contribution in [2.75, 3.05) is 25.1 Å². The summed E-state index contributed by atoms with van der Waals surface area (Å²) in [5.41, 5.74) is 0.535. The number of aryl methyl sites for hydroxylation is 2. The number of imidazole rings is 1. The number of anilines is 1. The molecule has 0 radical (unpaired) electrons. The van der Waals surface area contributed by atoms with Gasteiger partial charge in [-0.05, 0) is 17.7 Å². The number of aliphatic hydroxyl groups is 1. The van der Waals surface area contributed by atoms with Gasteiger partial charge in [0.2, 0.25) is 5.95 Å². The van der Waals surface area contributed by atoms with E-state index < -0.39 is 11.2 Å². The summed E-state index contributed by atoms with van der Waals surface area (Å²) in [4.78, 5) is 31.8. The average Bonchev–Trinajstić information content (AvgIpc) is 2.95. The highest BCUT2D eigenvalue weighted by Gasteiger charge is 2.20. The van der Waals surface area contributed by atoms with E-state index in [0.29, 0.717) is 28.7 Å². The number of benzene rings is 1. The maximum atomic E-state index is 13.0. The van der Waals surface area contributed by atoms with Gasteiger partial charge in [0.15, 0.2) is 11.2 Å². The molecule has 0 atom stereocenters. The highest BCUT2D eigenvalue weighted by molar-refractivity contribution is 6.30. The number of halogens is 1. The van der Waals surface area contributed by atoms with E-state index in [0.717, 1.165) is 5.56 Å². The molecule has 3 rings (SSSR count). The molecule has 2 aromatic heterocycles. The van der Waals surface area contributed by atoms with Crippen LogP contribution in [0.3, 0.4) is 0 Å². The number of aliphatic hydroxyl groups excluding tert-OH is 1. The van der Waals surface area contributed by atoms with E-state index in [4.69, 9.17) is 16.7 Å². The topological polar surface area (TPSA) is 85.3 Å². The Morgan fingerprint density at radius 2 is 1.96 bits per heavy atom. The van der Waals surface area contributed by atoms with Crippen LogP contribution in [0.4, 0.5) is 5.95 Å². The summed E-state index contributed by atoms with van der Waals surface area (Å²) >= 11 is 6.00. The Morgan fingerprint density at radius 3 is 2.62 bits per heavy atom. The lowest BCUT2D eigenvalue weighted by atomic mass is 10.2. The number of hydrogen-bond donors (Lipinski definition) is 1. The number of rotatable bonds is 5. The molecule has 0 spiro atoms. The first-order valence-corrected chi connectivity index (χ1v) is 8.45. The highest BCUT2D eigenvalue weighted by atomic mass is 35.5. The van der Waals surface area contributed by atoms with Crippen molar-refractivity contribution >= 4 is 28.7 Å². The fourth-order valence-electron chi connectivity index (χ4n) is 2.98. The normalized spacial score (nSPS) is 11.3. The Kier molecular flexibility index (Phi) is 4.88. The summed E-state index contributed by atoms with van der Waals surface area (Å²) < 4.78 is 4.17. The van der Waals surface area contributed by atoms with Gasteiger partial charge in [0, 0.05) is 32.7 Å². The van der Waals surface area contributed by atoms with E-state index in [1.54, 1.807) is 48.8 Å². The van der Waals surface area contributed by atoms with Gasteiger partial charge in [-0.15, -0.1) is 0 Å². The molecule has 1 aromatic carbocycles. The lowest BCUT2D eigenvalue weighted by Crippen LogP contribution is -2.39. The molecule has 138 valence electrons. The number of hydrogen-bond acceptors (Lipinski definition) is 5. The third-order valence-electron chi connectivity index (χ3n) is 4.34. The van der Waals surface area contributed by atoms with Crippen molar-refractivity contribution in [3.05, 3.63) is 55.7 Å². The first-order chi connectivity index (χ1) is 12.3. The molecule has 0 unspecified atom stereocenters. The minimum Gasteiger partial charge on any atom is -0.395 e. The molecule has 0 aliphatic carbocycles. The van der Waals surface area contributed by atoms with Crippen LogP contribution >= 0.6 is 11.6 Å². The van der Waals surface area contributed by atoms with Crippen molar-refractivity contribution in [3.8, 4) is 0 Å². The van der Waals surface area contributed by atoms with Crippen molar-refractivity contribution in [3.63, 3.8) is 0 Å². The van der Waals surface area contributed by atoms with Crippen LogP contribution in [-0.4, -0.2) is 44.0 Å². The van der Waals surface area contributed by atoms with Gasteiger partial charge in [0.05, 0.1) is 13.2 Å². The molecule has 0 fully saturated rings. The fourth-order valence-corrected chi connectivity index (χ4v) is 3.19. The van der Waals surface area contributed by atoms with Crippen molar-refractivity contribution in [2.45, 2.75) is 6.54 Å². The summed E-state index contributed by atoms with van der Waals surface area (Å²) in [6, 6.07) is 7.05. The second-order valence-electron chi connectivity index (χ2n) is 6.15. The van der Waals surface area contributed by atoms with E-state index in [1.807, 2.05) is 6.07 Å². The number of fused-ring (bicyclic) bond motifs is 1. The van der Waals surface area contributed by atoms with Crippen molar-refractivity contribution in [1.29, 1.82) is 0 Å². The molecule has 0 saturated carbocycles. The van der Waals surface area contributed by atoms with Crippen LogP contribution in [0.5, 0.6) is 0 Å². The lowest BCUT2D eigenvalue weighted by Gasteiger charge is -2.16. The molecule has 26 heavy (non-hydrogen) atoms. The average molecular weight is 378 g/mol. The lowest BCUT2D eigenvalue weighted by molar-refractivity contribution is 0.303. The van der Waals surface area contributed by atoms with Gasteiger partial charge in [-0.25, -0.2) is 4.79 Å². The molecule has 0 amide bonds. The van der Waals surface area contributed by atoms with Gasteiger partial charge in [-0.2, -0.15) is 4.98 Å². The number of nitrogens with zero attached hydrogens (tertiary/aromatic N) is 5. The summed E-state index contributed by atoms with van der Waals surface area (Å²) in [7, 11) is 5.07. The molecular weight excluding hydrogens is 358 g/mol. The first kappa shape index (κ1) is 18.2. The maximum absolute atomic E-state index is 13.0. The standard InChI is InChI=1S/C17H20ClN5O3/c1-20(7-8-24)16-19-14-13(21(16)2)15(25)23(17(26)22(14)3)10-11-5-4-6-12(18)9-11/h4-6,9,24H,7-8,10H2,1-3H3. The number of aromatic nitrogens is 4. The highest BCUT2D eigenvalue weighted by Crippen LogP contribution is 2.17. The summed E-state index contributed by atoms with van der Waals surface area (Å²) in [6.07, 6.45) is 0. The van der Waals surface area contributed by atoms with Gasteiger partial charge in [-0.1, -0.05) is 23.7 Å². The first-order valence-electron chi connectivity index (χ1n) is 8.07. The molecule has 0 aliphatic rings. The van der Waals surface area contributed by atoms with Crippen molar-refractivity contribution in [2.24, 2.45) is 14.1 Å². The largest absolute Gasteiger partial charge is 0.395 e. The SMILES string of the molecule is CN(CCO)c1nc2c(c(=O)n(Cc3cccc(Cl)c3)c(=O)n2C)n1C. The molecule has 2 heterocycles. The zero-order chi connectivity index (χ0) is 19.0. The van der Waals surface area contributed by atoms with E-state index in [9.17, 15) is 9.59 Å². The molecule has 1 N–H and O–H groups in total. The molecule has 0 aliphatic heterocycles. The van der Waals surface area contributed by atoms with Gasteiger partial charge >= 0.3 is 5.69 Å². The quantitative estimate of drug-likeness (QED) is 0.702. The van der Waals surface area contributed by atoms with Crippen molar-refractivity contribution in [1.82, 2.24) is 18.7 Å². The Balaban J connectivity index is 2.21. The van der Waals surface area contributed by atoms with Crippen LogP contribution < -0.4 is 16.1 Å². The Hall–Kier alpha value is -2.58. The molecule has 3 aromatic rings. The number of likely N-dealkylation sites (N-methyl/N-ethyl adjacent to an activating group) is 1. The third kappa shape index (κ3) is 3.02. The van der Waals surface area contributed by atoms with Crippen molar-refractivity contribution < 1.29 is 5.11 Å². The predicted molar refractivity (Wildman–Crippen MR) is 101 cm³/mol. The third-order valence-corrected chi connectivity index (χ3v) is 4.58. The molecule has 0 saturated heterocycles. The molecule has 9 heteroatoms. The smallest absolute Gasteiger partial charge is 0.332 e. The minimum atomic E-state index is -0.447. The zero-order valence-corrected chi connectivity index (χ0v) is 15.6. The second-order valence-corrected chi connectivity index (χ2v) is 6.59. The Bertz CT molecular complexity index is 1080. The zero-order valence-electron chi connectivity index (χ0n) is 14.8. The summed E-state index contributed by atoms with van der Waals surface area (Å²) in [5.74, 6) is 0.502. The van der Waals surface area contributed by atoms with Crippen LogP contribution in [0.15, 0.2) is 33.9 Å². The van der Waals surface area contributed by atoms with E-state index >= 15 is 0 Å². The van der Waals surface area contributed by atoms with E-state index in [2.05, 4.69) is 4.98 Å². The van der Waals surface area contributed by atoms with Gasteiger partial charge in [0.1, 0.15) is 0 Å². The Labute approximate surface area is 154 Å². The molecular formula is C17H20ClN5O3. The van der Waals surface area contributed by atoms with Crippen LogP contribution in [0, 0.1) is 0 Å². The van der Waals surface area contributed by atoms with E-state index in [1.165, 1.54) is 9.13 Å². The van der Waals surface area contributed by atoms with Crippen LogP contribution in [0.1, 0.15) is 5.56 Å². The summed E-state index contributed by atoms with van der Waals surface area (Å²) in [5, 5.41) is 9.68. The summed E-state index contributed by atoms with van der Waals surface area (Å²) in [6.45, 7) is 0.439. The van der Waals surface area contributed by atoms with Gasteiger partial charge < -0.3 is 14.6 Å². The van der Waals surface area contributed by atoms with Crippen LogP contribution in [0.25, 0.3) is 11.2 Å². The van der Waals surface area contributed by atoms with Gasteiger partial charge in [-0.3, -0.25) is 13.9 Å². The van der Waals surface area contributed by atoms with Crippen LogP contribution in [0.2, 0.25) is 5.02 Å². The van der Waals surface area contributed by atoms with E-state index in [-0.39, 0.29) is 13.2 Å². The Morgan fingerprint density at radius 1 is 1.23 bits per heavy atom. The maximum Gasteiger partial charge on any atom is 0.332 e. The minimum absolute atomic E-state index is 0.0440. The second kappa shape index (κ2) is 6.97. The molecule has 0 bridgehead atoms. The van der Waals surface area contributed by atoms with Crippen LogP contribution in [-0.2, 0) is 20.6 Å². The monoisotopic (exact) mass is 377 g/mol. The van der Waals surface area contributed by atoms with Gasteiger partial charge in [0.25, 0.3) is 5.56 Å².